The predicted octanol–water partition coefficient (Wildman–Crippen LogP) is 6.22. The van der Waals surface area contributed by atoms with Crippen LogP contribution in [0.25, 0.3) is 0 Å². The quantitative estimate of drug-likeness (QED) is 0.422. The largest absolute Gasteiger partial charge is 0.481 e. The summed E-state index contributed by atoms with van der Waals surface area (Å²) in [5.41, 5.74) is 0. The molecule has 28 heavy (non-hydrogen) atoms. The van der Waals surface area contributed by atoms with Crippen molar-refractivity contribution < 1.29 is 19.4 Å². The number of hydrogen-bond donors (Lipinski definition) is 1. The Hall–Kier alpha value is -1.06. The van der Waals surface area contributed by atoms with E-state index < -0.39 is 11.9 Å². The molecule has 2 aliphatic rings. The molecule has 0 aromatic carbocycles. The van der Waals surface area contributed by atoms with Gasteiger partial charge in [0, 0.05) is 6.42 Å². The van der Waals surface area contributed by atoms with Crippen LogP contribution in [0.5, 0.6) is 0 Å². The SMILES string of the molecule is CCCOC(=O)CC(CCC1CCCCC1)C(C(=O)O)C(C)C1CCCCC1. The second kappa shape index (κ2) is 12.5. The third-order valence-corrected chi connectivity index (χ3v) is 7.32. The van der Waals surface area contributed by atoms with E-state index in [2.05, 4.69) is 6.92 Å². The highest BCUT2D eigenvalue weighted by Gasteiger charge is 2.38. The molecular weight excluding hydrogens is 352 g/mol. The minimum Gasteiger partial charge on any atom is -0.481 e. The molecule has 3 atom stereocenters. The van der Waals surface area contributed by atoms with Gasteiger partial charge in [0.25, 0.3) is 0 Å². The fourth-order valence-electron chi connectivity index (χ4n) is 5.63. The highest BCUT2D eigenvalue weighted by molar-refractivity contribution is 5.74. The Bertz CT molecular complexity index is 463. The van der Waals surface area contributed by atoms with Crippen LogP contribution in [-0.2, 0) is 14.3 Å². The number of carbonyl (C=O) groups is 2. The maximum Gasteiger partial charge on any atom is 0.307 e. The van der Waals surface area contributed by atoms with Gasteiger partial charge in [-0.3, -0.25) is 9.59 Å². The Kier molecular flexibility index (Phi) is 10.4. The topological polar surface area (TPSA) is 63.6 Å². The van der Waals surface area contributed by atoms with Crippen LogP contribution in [0.3, 0.4) is 0 Å². The molecule has 162 valence electrons. The molecule has 2 aliphatic carbocycles. The first-order chi connectivity index (χ1) is 13.5. The second-order valence-corrected chi connectivity index (χ2v) is 9.39. The number of carboxylic acid groups (broad SMARTS) is 1. The van der Waals surface area contributed by atoms with Crippen LogP contribution in [0.4, 0.5) is 0 Å². The summed E-state index contributed by atoms with van der Waals surface area (Å²) in [6.07, 6.45) is 15.4. The van der Waals surface area contributed by atoms with Crippen LogP contribution in [0, 0.1) is 29.6 Å². The van der Waals surface area contributed by atoms with E-state index in [-0.39, 0.29) is 24.2 Å². The molecule has 0 aliphatic heterocycles. The molecule has 0 amide bonds. The lowest BCUT2D eigenvalue weighted by atomic mass is 9.68. The van der Waals surface area contributed by atoms with Crippen molar-refractivity contribution in [3.8, 4) is 0 Å². The van der Waals surface area contributed by atoms with Gasteiger partial charge in [0.2, 0.25) is 0 Å². The Morgan fingerprint density at radius 2 is 1.61 bits per heavy atom. The summed E-state index contributed by atoms with van der Waals surface area (Å²) in [6.45, 7) is 4.54. The second-order valence-electron chi connectivity index (χ2n) is 9.39. The fraction of sp³-hybridized carbons (Fsp3) is 0.917. The molecule has 0 spiro atoms. The molecule has 0 bridgehead atoms. The Morgan fingerprint density at radius 3 is 2.18 bits per heavy atom. The van der Waals surface area contributed by atoms with E-state index in [0.29, 0.717) is 18.4 Å². The average Bonchev–Trinajstić information content (AvgIpc) is 2.71. The number of rotatable bonds is 11. The predicted molar refractivity (Wildman–Crippen MR) is 112 cm³/mol. The van der Waals surface area contributed by atoms with Gasteiger partial charge in [-0.15, -0.1) is 0 Å². The molecule has 4 heteroatoms. The van der Waals surface area contributed by atoms with Gasteiger partial charge in [-0.25, -0.2) is 0 Å². The van der Waals surface area contributed by atoms with Crippen LogP contribution in [-0.4, -0.2) is 23.7 Å². The van der Waals surface area contributed by atoms with Gasteiger partial charge in [-0.05, 0) is 36.5 Å². The monoisotopic (exact) mass is 394 g/mol. The minimum atomic E-state index is -0.713. The summed E-state index contributed by atoms with van der Waals surface area (Å²) >= 11 is 0. The van der Waals surface area contributed by atoms with Crippen molar-refractivity contribution in [1.29, 1.82) is 0 Å². The van der Waals surface area contributed by atoms with E-state index in [1.54, 1.807) is 0 Å². The van der Waals surface area contributed by atoms with Crippen molar-refractivity contribution in [1.82, 2.24) is 0 Å². The molecule has 4 nitrogen and oxygen atoms in total. The summed E-state index contributed by atoms with van der Waals surface area (Å²) in [4.78, 5) is 24.7. The third-order valence-electron chi connectivity index (χ3n) is 7.32. The van der Waals surface area contributed by atoms with Crippen LogP contribution >= 0.6 is 0 Å². The number of carbonyl (C=O) groups excluding carboxylic acids is 1. The zero-order valence-corrected chi connectivity index (χ0v) is 18.2. The molecule has 2 saturated carbocycles. The molecule has 0 saturated heterocycles. The summed E-state index contributed by atoms with van der Waals surface area (Å²) < 4.78 is 5.34. The van der Waals surface area contributed by atoms with Gasteiger partial charge < -0.3 is 9.84 Å². The van der Waals surface area contributed by atoms with E-state index in [1.807, 2.05) is 6.92 Å². The molecule has 2 fully saturated rings. The first kappa shape index (κ1) is 23.2. The zero-order chi connectivity index (χ0) is 20.4. The lowest BCUT2D eigenvalue weighted by molar-refractivity contribution is -0.151. The van der Waals surface area contributed by atoms with Gasteiger partial charge in [0.05, 0.1) is 12.5 Å². The number of esters is 1. The average molecular weight is 395 g/mol. The standard InChI is InChI=1S/C24H42O4/c1-3-16-28-22(25)17-21(15-14-19-10-6-4-7-11-19)23(24(26)27)18(2)20-12-8-5-9-13-20/h18-21,23H,3-17H2,1-2H3,(H,26,27). The highest BCUT2D eigenvalue weighted by atomic mass is 16.5. The van der Waals surface area contributed by atoms with Gasteiger partial charge in [-0.2, -0.15) is 0 Å². The van der Waals surface area contributed by atoms with E-state index in [0.717, 1.165) is 32.1 Å². The minimum absolute atomic E-state index is 0.0966. The first-order valence-electron chi connectivity index (χ1n) is 11.9. The first-order valence-corrected chi connectivity index (χ1v) is 11.9. The van der Waals surface area contributed by atoms with Gasteiger partial charge in [0.1, 0.15) is 0 Å². The number of carboxylic acids is 1. The molecule has 2 rings (SSSR count). The molecule has 3 unspecified atom stereocenters. The Labute approximate surface area is 171 Å². The number of hydrogen-bond acceptors (Lipinski definition) is 3. The maximum absolute atomic E-state index is 12.4. The Balaban J connectivity index is 2.06. The number of ether oxygens (including phenoxy) is 1. The molecule has 0 aromatic heterocycles. The van der Waals surface area contributed by atoms with E-state index in [1.165, 1.54) is 51.4 Å². The Morgan fingerprint density at radius 1 is 1.00 bits per heavy atom. The van der Waals surface area contributed by atoms with E-state index in [4.69, 9.17) is 4.74 Å². The van der Waals surface area contributed by atoms with Crippen molar-refractivity contribution in [2.75, 3.05) is 6.61 Å². The lowest BCUT2D eigenvalue weighted by Gasteiger charge is -2.36. The number of aliphatic carboxylic acids is 1. The molecule has 0 heterocycles. The normalized spacial score (nSPS) is 22.4. The van der Waals surface area contributed by atoms with E-state index in [9.17, 15) is 14.7 Å². The summed E-state index contributed by atoms with van der Waals surface area (Å²) in [5, 5.41) is 10.1. The van der Waals surface area contributed by atoms with Crippen molar-refractivity contribution in [3.63, 3.8) is 0 Å². The van der Waals surface area contributed by atoms with Gasteiger partial charge in [0.15, 0.2) is 0 Å². The smallest absolute Gasteiger partial charge is 0.307 e. The van der Waals surface area contributed by atoms with Crippen molar-refractivity contribution >= 4 is 11.9 Å². The van der Waals surface area contributed by atoms with E-state index >= 15 is 0 Å². The van der Waals surface area contributed by atoms with Crippen LogP contribution in [0.1, 0.15) is 104 Å². The van der Waals surface area contributed by atoms with Crippen molar-refractivity contribution in [3.05, 3.63) is 0 Å². The lowest BCUT2D eigenvalue weighted by Crippen LogP contribution is -2.36. The van der Waals surface area contributed by atoms with Crippen molar-refractivity contribution in [2.45, 2.75) is 104 Å². The zero-order valence-electron chi connectivity index (χ0n) is 18.2. The summed E-state index contributed by atoms with van der Waals surface area (Å²) in [7, 11) is 0. The molecule has 1 N–H and O–H groups in total. The van der Waals surface area contributed by atoms with Crippen LogP contribution < -0.4 is 0 Å². The fourth-order valence-corrected chi connectivity index (χ4v) is 5.63. The van der Waals surface area contributed by atoms with Crippen molar-refractivity contribution in [2.24, 2.45) is 29.6 Å². The van der Waals surface area contributed by atoms with Gasteiger partial charge >= 0.3 is 11.9 Å². The summed E-state index contributed by atoms with van der Waals surface area (Å²) in [5.74, 6) is -0.122. The highest BCUT2D eigenvalue weighted by Crippen LogP contribution is 2.40. The third kappa shape index (κ3) is 7.40. The molecular formula is C24H42O4. The molecule has 0 aromatic rings. The van der Waals surface area contributed by atoms with Crippen LogP contribution in [0.15, 0.2) is 0 Å². The van der Waals surface area contributed by atoms with Crippen LogP contribution in [0.2, 0.25) is 0 Å². The van der Waals surface area contributed by atoms with Gasteiger partial charge in [-0.1, -0.05) is 84.5 Å². The maximum atomic E-state index is 12.4. The summed E-state index contributed by atoms with van der Waals surface area (Å²) in [6, 6.07) is 0. The molecule has 0 radical (unpaired) electrons.